The minimum Gasteiger partial charge on any atom is -0.493 e. The number of hydrogen-bond acceptors (Lipinski definition) is 4. The number of para-hydroxylation sites is 1. The number of unbranched alkanes of at least 4 members (excludes halogenated alkanes) is 3. The van der Waals surface area contributed by atoms with Crippen LogP contribution in [0.3, 0.4) is 0 Å². The molecule has 0 atom stereocenters. The number of carbonyl (C=O) groups excluding carboxylic acids is 2. The molecule has 2 rings (SSSR count). The minimum atomic E-state index is -0.306. The predicted molar refractivity (Wildman–Crippen MR) is 107 cm³/mol. The lowest BCUT2D eigenvalue weighted by atomic mass is 10.1. The Morgan fingerprint density at radius 3 is 2.52 bits per heavy atom. The molecule has 0 heterocycles. The molecule has 1 N–H and O–H groups in total. The predicted octanol–water partition coefficient (Wildman–Crippen LogP) is 4.17. The van der Waals surface area contributed by atoms with Crippen molar-refractivity contribution in [1.29, 1.82) is 0 Å². The first-order valence-corrected chi connectivity index (χ1v) is 9.32. The van der Waals surface area contributed by atoms with Crippen molar-refractivity contribution in [3.63, 3.8) is 0 Å². The molecule has 0 saturated carbocycles. The van der Waals surface area contributed by atoms with Crippen LogP contribution in [0.4, 0.5) is 0 Å². The molecule has 0 spiro atoms. The number of nitrogens with zero attached hydrogens (tertiary/aromatic N) is 1. The second kappa shape index (κ2) is 11.6. The quantitative estimate of drug-likeness (QED) is 0.281. The lowest BCUT2D eigenvalue weighted by molar-refractivity contribution is -0.120. The van der Waals surface area contributed by atoms with Gasteiger partial charge in [-0.05, 0) is 24.1 Å². The summed E-state index contributed by atoms with van der Waals surface area (Å²) in [5.74, 6) is -0.0362. The van der Waals surface area contributed by atoms with Gasteiger partial charge in [-0.2, -0.15) is 5.10 Å². The molecular weight excluding hydrogens is 340 g/mol. The molecule has 0 aliphatic heterocycles. The summed E-state index contributed by atoms with van der Waals surface area (Å²) in [5, 5.41) is 3.78. The molecule has 0 saturated heterocycles. The van der Waals surface area contributed by atoms with Gasteiger partial charge in [0, 0.05) is 0 Å². The van der Waals surface area contributed by atoms with E-state index < -0.39 is 0 Å². The van der Waals surface area contributed by atoms with Crippen LogP contribution in [0.1, 0.15) is 48.5 Å². The fourth-order valence-corrected chi connectivity index (χ4v) is 2.56. The molecule has 0 radical (unpaired) electrons. The fourth-order valence-electron chi connectivity index (χ4n) is 2.56. The summed E-state index contributed by atoms with van der Waals surface area (Å²) < 4.78 is 5.74. The highest BCUT2D eigenvalue weighted by Crippen LogP contribution is 2.18. The highest BCUT2D eigenvalue weighted by molar-refractivity contribution is 6.36. The number of rotatable bonds is 11. The third-order valence-electron chi connectivity index (χ3n) is 3.99. The molecule has 0 aliphatic carbocycles. The Kier molecular flexibility index (Phi) is 8.77. The maximum absolute atomic E-state index is 12.4. The van der Waals surface area contributed by atoms with Crippen LogP contribution in [0.5, 0.6) is 5.75 Å². The van der Waals surface area contributed by atoms with Gasteiger partial charge < -0.3 is 4.74 Å². The van der Waals surface area contributed by atoms with E-state index in [2.05, 4.69) is 17.5 Å². The smallest absolute Gasteiger partial charge is 0.244 e. The number of Topliss-reactive ketones (excluding diaryl/α,β-unsaturated/α-hetero) is 1. The first-order chi connectivity index (χ1) is 13.2. The molecule has 2 aromatic carbocycles. The normalized spacial score (nSPS) is 10.7. The van der Waals surface area contributed by atoms with E-state index in [-0.39, 0.29) is 18.1 Å². The van der Waals surface area contributed by atoms with E-state index in [0.29, 0.717) is 17.9 Å². The number of ketones is 1. The van der Waals surface area contributed by atoms with Gasteiger partial charge in [-0.15, -0.1) is 0 Å². The van der Waals surface area contributed by atoms with Gasteiger partial charge in [0.15, 0.2) is 0 Å². The average Bonchev–Trinajstić information content (AvgIpc) is 2.69. The summed E-state index contributed by atoms with van der Waals surface area (Å²) in [6, 6.07) is 16.4. The van der Waals surface area contributed by atoms with Gasteiger partial charge in [-0.25, -0.2) is 5.43 Å². The summed E-state index contributed by atoms with van der Waals surface area (Å²) in [4.78, 5) is 24.2. The average molecular weight is 366 g/mol. The van der Waals surface area contributed by atoms with E-state index in [1.165, 1.54) is 12.8 Å². The maximum atomic E-state index is 12.4. The van der Waals surface area contributed by atoms with Gasteiger partial charge in [0.1, 0.15) is 5.75 Å². The molecule has 0 fully saturated rings. The van der Waals surface area contributed by atoms with Gasteiger partial charge in [-0.1, -0.05) is 68.7 Å². The van der Waals surface area contributed by atoms with E-state index in [4.69, 9.17) is 4.74 Å². The molecule has 0 aliphatic rings. The maximum Gasteiger partial charge on any atom is 0.244 e. The van der Waals surface area contributed by atoms with Crippen molar-refractivity contribution in [2.24, 2.45) is 5.10 Å². The van der Waals surface area contributed by atoms with E-state index in [1.807, 2.05) is 36.4 Å². The van der Waals surface area contributed by atoms with E-state index in [9.17, 15) is 9.59 Å². The lowest BCUT2D eigenvalue weighted by Crippen LogP contribution is -2.20. The number of nitrogens with one attached hydrogen (secondary N) is 1. The second-order valence-corrected chi connectivity index (χ2v) is 6.23. The van der Waals surface area contributed by atoms with Crippen molar-refractivity contribution in [2.45, 2.75) is 39.0 Å². The van der Waals surface area contributed by atoms with Gasteiger partial charge in [0.05, 0.1) is 24.8 Å². The molecule has 5 heteroatoms. The number of hydrogen-bond donors (Lipinski definition) is 1. The van der Waals surface area contributed by atoms with Crippen molar-refractivity contribution in [1.82, 2.24) is 5.43 Å². The Morgan fingerprint density at radius 2 is 1.74 bits per heavy atom. The number of carbonyl (C=O) groups is 2. The molecule has 1 amide bonds. The molecule has 142 valence electrons. The first kappa shape index (κ1) is 20.4. The summed E-state index contributed by atoms with van der Waals surface area (Å²) in [7, 11) is 0. The summed E-state index contributed by atoms with van der Waals surface area (Å²) in [5.41, 5.74) is 3.71. The van der Waals surface area contributed by atoms with Crippen molar-refractivity contribution < 1.29 is 14.3 Å². The van der Waals surface area contributed by atoms with Crippen molar-refractivity contribution in [2.75, 3.05) is 6.61 Å². The van der Waals surface area contributed by atoms with Crippen LogP contribution in [0.2, 0.25) is 0 Å². The number of benzene rings is 2. The van der Waals surface area contributed by atoms with Crippen molar-refractivity contribution in [3.8, 4) is 5.75 Å². The second-order valence-electron chi connectivity index (χ2n) is 6.23. The molecule has 27 heavy (non-hydrogen) atoms. The zero-order chi connectivity index (χ0) is 19.3. The van der Waals surface area contributed by atoms with Gasteiger partial charge in [-0.3, -0.25) is 9.59 Å². The van der Waals surface area contributed by atoms with Crippen LogP contribution in [-0.2, 0) is 11.2 Å². The minimum absolute atomic E-state index is 0.212. The van der Waals surface area contributed by atoms with Gasteiger partial charge in [0.25, 0.3) is 0 Å². The van der Waals surface area contributed by atoms with Gasteiger partial charge >= 0.3 is 0 Å². The molecular formula is C22H26N2O3. The standard InChI is InChI=1S/C22H26N2O3/c1-2-3-4-10-15-27-21-14-9-8-13-19(21)20(25)17-23-24-22(26)16-18-11-6-5-7-12-18/h5-9,11-14,17H,2-4,10,15-16H2,1H3,(H,24,26)/b23-17-. The van der Waals surface area contributed by atoms with E-state index in [0.717, 1.165) is 24.6 Å². The Morgan fingerprint density at radius 1 is 1.00 bits per heavy atom. The monoisotopic (exact) mass is 366 g/mol. The molecule has 0 bridgehead atoms. The Hall–Kier alpha value is -2.95. The molecule has 5 nitrogen and oxygen atoms in total. The summed E-state index contributed by atoms with van der Waals surface area (Å²) in [6.07, 6.45) is 5.74. The fraction of sp³-hybridized carbons (Fsp3) is 0.318. The first-order valence-electron chi connectivity index (χ1n) is 9.32. The van der Waals surface area contributed by atoms with Crippen LogP contribution >= 0.6 is 0 Å². The topological polar surface area (TPSA) is 67.8 Å². The Balaban J connectivity index is 1.85. The molecule has 0 unspecified atom stereocenters. The van der Waals surface area contributed by atoms with E-state index in [1.54, 1.807) is 18.2 Å². The van der Waals surface area contributed by atoms with Crippen molar-refractivity contribution in [3.05, 3.63) is 65.7 Å². The van der Waals surface area contributed by atoms with Gasteiger partial charge in [0.2, 0.25) is 11.7 Å². The molecule has 0 aromatic heterocycles. The van der Waals surface area contributed by atoms with Crippen LogP contribution in [0.25, 0.3) is 0 Å². The van der Waals surface area contributed by atoms with Crippen molar-refractivity contribution >= 4 is 17.9 Å². The SMILES string of the molecule is CCCCCCOc1ccccc1C(=O)/C=N\NC(=O)Cc1ccccc1. The zero-order valence-electron chi connectivity index (χ0n) is 15.7. The Bertz CT molecular complexity index is 757. The lowest BCUT2D eigenvalue weighted by Gasteiger charge is -2.09. The number of ether oxygens (including phenoxy) is 1. The summed E-state index contributed by atoms with van der Waals surface area (Å²) >= 11 is 0. The van der Waals surface area contributed by atoms with Crippen LogP contribution in [0, 0.1) is 0 Å². The van der Waals surface area contributed by atoms with Crippen LogP contribution in [-0.4, -0.2) is 24.5 Å². The van der Waals surface area contributed by atoms with Crippen LogP contribution in [0.15, 0.2) is 59.7 Å². The summed E-state index contributed by atoms with van der Waals surface area (Å²) in [6.45, 7) is 2.74. The highest BCUT2D eigenvalue weighted by atomic mass is 16.5. The van der Waals surface area contributed by atoms with Crippen LogP contribution < -0.4 is 10.2 Å². The number of hydrazone groups is 1. The number of amides is 1. The van der Waals surface area contributed by atoms with E-state index >= 15 is 0 Å². The molecule has 2 aromatic rings. The third-order valence-corrected chi connectivity index (χ3v) is 3.99. The largest absolute Gasteiger partial charge is 0.493 e. The third kappa shape index (κ3) is 7.44. The highest BCUT2D eigenvalue weighted by Gasteiger charge is 2.10. The zero-order valence-corrected chi connectivity index (χ0v) is 15.7. The Labute approximate surface area is 160 Å².